The molecule has 0 aliphatic carbocycles. The lowest BCUT2D eigenvalue weighted by atomic mass is 10.0. The molecule has 2 saturated heterocycles. The van der Waals surface area contributed by atoms with Gasteiger partial charge in [-0.1, -0.05) is 18.2 Å². The van der Waals surface area contributed by atoms with Crippen LogP contribution in [0.15, 0.2) is 40.8 Å². The van der Waals surface area contributed by atoms with Crippen molar-refractivity contribution in [3.63, 3.8) is 0 Å². The summed E-state index contributed by atoms with van der Waals surface area (Å²) in [6.07, 6.45) is 2.87. The number of piperazine rings is 1. The molecular formula is C24H30N4O4. The number of aliphatic hydroxyl groups is 1. The summed E-state index contributed by atoms with van der Waals surface area (Å²) in [5.74, 6) is 1.56. The fourth-order valence-corrected chi connectivity index (χ4v) is 5.26. The van der Waals surface area contributed by atoms with E-state index in [1.807, 2.05) is 29.2 Å². The van der Waals surface area contributed by atoms with E-state index in [1.165, 1.54) is 5.56 Å². The zero-order valence-corrected chi connectivity index (χ0v) is 18.1. The second-order valence-electron chi connectivity index (χ2n) is 8.91. The van der Waals surface area contributed by atoms with Crippen LogP contribution in [0.3, 0.4) is 0 Å². The molecule has 0 unspecified atom stereocenters. The Labute approximate surface area is 187 Å². The quantitative estimate of drug-likeness (QED) is 0.601. The second kappa shape index (κ2) is 9.05. The maximum Gasteiger partial charge on any atom is 0.237 e. The summed E-state index contributed by atoms with van der Waals surface area (Å²) in [5, 5.41) is 15.7. The van der Waals surface area contributed by atoms with Gasteiger partial charge < -0.3 is 25.1 Å². The average Bonchev–Trinajstić information content (AvgIpc) is 3.55. The number of para-hydroxylation sites is 1. The number of benzene rings is 1. The first-order valence-electron chi connectivity index (χ1n) is 11.5. The molecule has 0 bridgehead atoms. The maximum atomic E-state index is 12.9. The van der Waals surface area contributed by atoms with Crippen molar-refractivity contribution in [2.24, 2.45) is 0 Å². The molecule has 2 amide bonds. The molecule has 2 aromatic rings. The molecule has 170 valence electrons. The Balaban J connectivity index is 1.16. The number of carbonyl (C=O) groups is 2. The van der Waals surface area contributed by atoms with Crippen molar-refractivity contribution in [2.45, 2.75) is 57.0 Å². The molecule has 32 heavy (non-hydrogen) atoms. The molecule has 3 aliphatic rings. The Kier molecular flexibility index (Phi) is 5.99. The van der Waals surface area contributed by atoms with E-state index in [2.05, 4.69) is 21.6 Å². The first kappa shape index (κ1) is 21.2. The van der Waals surface area contributed by atoms with E-state index in [0.717, 1.165) is 43.8 Å². The number of aliphatic hydroxyl groups excluding tert-OH is 1. The van der Waals surface area contributed by atoms with Crippen LogP contribution < -0.4 is 15.5 Å². The van der Waals surface area contributed by atoms with E-state index in [9.17, 15) is 9.59 Å². The van der Waals surface area contributed by atoms with E-state index in [4.69, 9.17) is 9.52 Å². The molecule has 3 atom stereocenters. The van der Waals surface area contributed by atoms with Gasteiger partial charge in [-0.05, 0) is 43.0 Å². The van der Waals surface area contributed by atoms with Gasteiger partial charge in [0, 0.05) is 43.8 Å². The van der Waals surface area contributed by atoms with Crippen molar-refractivity contribution in [2.75, 3.05) is 24.5 Å². The molecular weight excluding hydrogens is 408 g/mol. The van der Waals surface area contributed by atoms with Crippen molar-refractivity contribution in [1.82, 2.24) is 15.5 Å². The lowest BCUT2D eigenvalue weighted by Crippen LogP contribution is -2.58. The minimum Gasteiger partial charge on any atom is -0.462 e. The predicted octanol–water partition coefficient (Wildman–Crippen LogP) is 1.17. The van der Waals surface area contributed by atoms with Crippen molar-refractivity contribution in [3.05, 3.63) is 53.5 Å². The SMILES string of the molecule is O=C1NC[C@H](CCC(=O)N2CCc3ccccc32)N2C[C@@H](NCc3ccc(CO)o3)C[C@H]12. The third kappa shape index (κ3) is 4.18. The Morgan fingerprint density at radius 2 is 2.06 bits per heavy atom. The summed E-state index contributed by atoms with van der Waals surface area (Å²) in [6.45, 7) is 2.57. The zero-order chi connectivity index (χ0) is 22.1. The standard InChI is InChI=1S/C24H30N4O4/c29-15-20-7-6-19(32-20)13-25-17-11-22-24(31)26-12-18(28(22)14-17)5-8-23(30)27-10-9-16-3-1-2-4-21(16)27/h1-4,6-7,17-18,22,25,29H,5,8-15H2,(H,26,31)/t17-,18-,22+/m0/s1. The molecule has 3 N–H and O–H groups in total. The first-order chi connectivity index (χ1) is 15.6. The number of amides is 2. The van der Waals surface area contributed by atoms with Crippen LogP contribution in [0.5, 0.6) is 0 Å². The van der Waals surface area contributed by atoms with Gasteiger partial charge in [0.1, 0.15) is 18.1 Å². The van der Waals surface area contributed by atoms with Crippen molar-refractivity contribution >= 4 is 17.5 Å². The fraction of sp³-hybridized carbons (Fsp3) is 0.500. The van der Waals surface area contributed by atoms with Crippen LogP contribution >= 0.6 is 0 Å². The van der Waals surface area contributed by atoms with Gasteiger partial charge in [-0.3, -0.25) is 14.5 Å². The van der Waals surface area contributed by atoms with E-state index >= 15 is 0 Å². The number of rotatable bonds is 7. The van der Waals surface area contributed by atoms with Crippen LogP contribution in [0.2, 0.25) is 0 Å². The van der Waals surface area contributed by atoms with Crippen LogP contribution in [-0.2, 0) is 29.2 Å². The van der Waals surface area contributed by atoms with Gasteiger partial charge in [0.05, 0.1) is 12.6 Å². The maximum absolute atomic E-state index is 12.9. The van der Waals surface area contributed by atoms with Crippen molar-refractivity contribution in [1.29, 1.82) is 0 Å². The minimum atomic E-state index is -0.154. The van der Waals surface area contributed by atoms with Crippen LogP contribution in [-0.4, -0.2) is 59.6 Å². The van der Waals surface area contributed by atoms with Crippen LogP contribution in [0, 0.1) is 0 Å². The van der Waals surface area contributed by atoms with E-state index in [0.29, 0.717) is 25.3 Å². The Bertz CT molecular complexity index is 990. The molecule has 8 heteroatoms. The molecule has 5 rings (SSSR count). The molecule has 1 aromatic carbocycles. The molecule has 1 aromatic heterocycles. The number of furan rings is 1. The Morgan fingerprint density at radius 1 is 1.22 bits per heavy atom. The van der Waals surface area contributed by atoms with E-state index < -0.39 is 0 Å². The summed E-state index contributed by atoms with van der Waals surface area (Å²) in [5.41, 5.74) is 2.28. The van der Waals surface area contributed by atoms with Crippen molar-refractivity contribution < 1.29 is 19.1 Å². The monoisotopic (exact) mass is 438 g/mol. The summed E-state index contributed by atoms with van der Waals surface area (Å²) < 4.78 is 5.54. The molecule has 3 aliphatic heterocycles. The number of fused-ring (bicyclic) bond motifs is 2. The Morgan fingerprint density at radius 3 is 2.91 bits per heavy atom. The molecule has 0 saturated carbocycles. The molecule has 0 radical (unpaired) electrons. The highest BCUT2D eigenvalue weighted by molar-refractivity contribution is 5.95. The van der Waals surface area contributed by atoms with Gasteiger partial charge in [0.15, 0.2) is 0 Å². The van der Waals surface area contributed by atoms with Gasteiger partial charge in [-0.25, -0.2) is 0 Å². The largest absolute Gasteiger partial charge is 0.462 e. The normalized spacial score (nSPS) is 25.0. The lowest BCUT2D eigenvalue weighted by Gasteiger charge is -2.37. The lowest BCUT2D eigenvalue weighted by molar-refractivity contribution is -0.129. The van der Waals surface area contributed by atoms with Crippen LogP contribution in [0.1, 0.15) is 36.3 Å². The summed E-state index contributed by atoms with van der Waals surface area (Å²) in [4.78, 5) is 29.6. The highest BCUT2D eigenvalue weighted by atomic mass is 16.4. The van der Waals surface area contributed by atoms with Gasteiger partial charge in [-0.15, -0.1) is 0 Å². The summed E-state index contributed by atoms with van der Waals surface area (Å²) >= 11 is 0. The number of nitrogens with one attached hydrogen (secondary N) is 2. The molecule has 0 spiro atoms. The highest BCUT2D eigenvalue weighted by Crippen LogP contribution is 2.30. The zero-order valence-electron chi connectivity index (χ0n) is 18.1. The number of anilines is 1. The summed E-state index contributed by atoms with van der Waals surface area (Å²) in [6, 6.07) is 11.9. The third-order valence-corrected chi connectivity index (χ3v) is 6.94. The van der Waals surface area contributed by atoms with Gasteiger partial charge in [-0.2, -0.15) is 0 Å². The first-order valence-corrected chi connectivity index (χ1v) is 11.5. The van der Waals surface area contributed by atoms with Gasteiger partial charge in [0.25, 0.3) is 0 Å². The second-order valence-corrected chi connectivity index (χ2v) is 8.91. The third-order valence-electron chi connectivity index (χ3n) is 6.94. The summed E-state index contributed by atoms with van der Waals surface area (Å²) in [7, 11) is 0. The highest BCUT2D eigenvalue weighted by Gasteiger charge is 2.43. The minimum absolute atomic E-state index is 0.0749. The topological polar surface area (TPSA) is 98.1 Å². The average molecular weight is 439 g/mol. The number of nitrogens with zero attached hydrogens (tertiary/aromatic N) is 2. The number of hydrogen-bond acceptors (Lipinski definition) is 6. The molecule has 2 fully saturated rings. The van der Waals surface area contributed by atoms with Gasteiger partial charge in [0.2, 0.25) is 11.8 Å². The van der Waals surface area contributed by atoms with Gasteiger partial charge >= 0.3 is 0 Å². The van der Waals surface area contributed by atoms with Crippen LogP contribution in [0.25, 0.3) is 0 Å². The number of hydrogen-bond donors (Lipinski definition) is 3. The number of carbonyl (C=O) groups excluding carboxylic acids is 2. The molecule has 8 nitrogen and oxygen atoms in total. The van der Waals surface area contributed by atoms with Crippen LogP contribution in [0.4, 0.5) is 5.69 Å². The fourth-order valence-electron chi connectivity index (χ4n) is 5.26. The predicted molar refractivity (Wildman–Crippen MR) is 119 cm³/mol. The Hall–Kier alpha value is -2.68. The van der Waals surface area contributed by atoms with Crippen molar-refractivity contribution in [3.8, 4) is 0 Å². The van der Waals surface area contributed by atoms with E-state index in [-0.39, 0.29) is 36.5 Å². The smallest absolute Gasteiger partial charge is 0.237 e. The van der Waals surface area contributed by atoms with E-state index in [1.54, 1.807) is 6.07 Å². The molecule has 4 heterocycles.